The smallest absolute Gasteiger partial charge is 0.292 e. The van der Waals surface area contributed by atoms with Crippen molar-refractivity contribution >= 4 is 23.3 Å². The molecule has 0 aliphatic carbocycles. The highest BCUT2D eigenvalue weighted by atomic mass is 19.4. The predicted molar refractivity (Wildman–Crippen MR) is 105 cm³/mol. The molecule has 4 unspecified atom stereocenters. The van der Waals surface area contributed by atoms with Gasteiger partial charge in [0, 0.05) is 11.6 Å². The Morgan fingerprint density at radius 2 is 1.66 bits per heavy atom. The lowest BCUT2D eigenvalue weighted by molar-refractivity contribution is -0.137. The van der Waals surface area contributed by atoms with Crippen LogP contribution in [0.2, 0.25) is 0 Å². The minimum absolute atomic E-state index is 0.151. The van der Waals surface area contributed by atoms with Gasteiger partial charge in [-0.15, -0.1) is 0 Å². The van der Waals surface area contributed by atoms with E-state index in [0.29, 0.717) is 13.0 Å². The number of anilines is 1. The van der Waals surface area contributed by atoms with Crippen LogP contribution < -0.4 is 4.90 Å². The number of ketones is 1. The molecule has 3 aliphatic heterocycles. The normalized spacial score (nSPS) is 27.7. The molecule has 9 heteroatoms. The summed E-state index contributed by atoms with van der Waals surface area (Å²) in [6.45, 7) is 0.541. The van der Waals surface area contributed by atoms with Gasteiger partial charge in [-0.3, -0.25) is 19.3 Å². The number of hydrogen-bond donors (Lipinski definition) is 0. The van der Waals surface area contributed by atoms with E-state index >= 15 is 0 Å². The van der Waals surface area contributed by atoms with E-state index in [1.807, 2.05) is 4.90 Å². The summed E-state index contributed by atoms with van der Waals surface area (Å²) in [6.07, 6.45) is -3.27. The zero-order valence-electron chi connectivity index (χ0n) is 16.7. The number of alkyl halides is 3. The molecule has 3 saturated heterocycles. The molecule has 0 N–H and O–H groups in total. The van der Waals surface area contributed by atoms with Crippen molar-refractivity contribution in [2.24, 2.45) is 11.8 Å². The van der Waals surface area contributed by atoms with Gasteiger partial charge >= 0.3 is 6.18 Å². The molecule has 3 heterocycles. The summed E-state index contributed by atoms with van der Waals surface area (Å²) >= 11 is 0. The molecule has 166 valence electrons. The van der Waals surface area contributed by atoms with Crippen molar-refractivity contribution in [2.75, 3.05) is 11.4 Å². The Morgan fingerprint density at radius 3 is 2.34 bits per heavy atom. The molecule has 5 rings (SSSR count). The van der Waals surface area contributed by atoms with E-state index in [1.165, 1.54) is 18.2 Å². The number of carbonyl (C=O) groups excluding carboxylic acids is 3. The van der Waals surface area contributed by atoms with Crippen LogP contribution in [0.25, 0.3) is 0 Å². The molecular weight excluding hydrogens is 428 g/mol. The topological polar surface area (TPSA) is 57.7 Å². The number of halogens is 4. The van der Waals surface area contributed by atoms with Crippen LogP contribution in [0, 0.1) is 17.7 Å². The van der Waals surface area contributed by atoms with Crippen molar-refractivity contribution in [3.05, 3.63) is 65.5 Å². The molecule has 3 fully saturated rings. The van der Waals surface area contributed by atoms with Gasteiger partial charge in [0.15, 0.2) is 5.78 Å². The number of amides is 2. The molecular formula is C23H18F4N2O3. The standard InChI is InChI=1S/C23H18F4N2O3/c24-14-8-6-12(7-9-14)20(30)19-18-17(16-5-2-10-28(16)19)21(31)29(22(18)32)15-4-1-3-13(11-15)23(25,26)27/h1,3-4,6-9,11,16-19H,2,5,10H2. The SMILES string of the molecule is O=C(c1ccc(F)cc1)C1C2C(=O)N(c3cccc(C(F)(F)F)c3)C(=O)C2C2CCCN21. The van der Waals surface area contributed by atoms with Crippen molar-refractivity contribution in [3.63, 3.8) is 0 Å². The van der Waals surface area contributed by atoms with Gasteiger partial charge in [0.25, 0.3) is 0 Å². The highest BCUT2D eigenvalue weighted by molar-refractivity contribution is 6.24. The van der Waals surface area contributed by atoms with E-state index in [1.54, 1.807) is 0 Å². The summed E-state index contributed by atoms with van der Waals surface area (Å²) in [6, 6.07) is 7.81. The number of benzene rings is 2. The maximum Gasteiger partial charge on any atom is 0.416 e. The molecule has 32 heavy (non-hydrogen) atoms. The third kappa shape index (κ3) is 3.06. The summed E-state index contributed by atoms with van der Waals surface area (Å²) in [5.41, 5.74) is -0.892. The van der Waals surface area contributed by atoms with E-state index < -0.39 is 53.0 Å². The molecule has 0 aromatic heterocycles. The zero-order valence-corrected chi connectivity index (χ0v) is 16.7. The Labute approximate surface area is 180 Å². The van der Waals surface area contributed by atoms with Crippen LogP contribution in [-0.4, -0.2) is 41.1 Å². The first-order chi connectivity index (χ1) is 15.2. The second-order valence-electron chi connectivity index (χ2n) is 8.37. The lowest BCUT2D eigenvalue weighted by Gasteiger charge is -2.27. The molecule has 3 aliphatic rings. The van der Waals surface area contributed by atoms with E-state index in [9.17, 15) is 31.9 Å². The fourth-order valence-electron chi connectivity index (χ4n) is 5.38. The third-order valence-electron chi connectivity index (χ3n) is 6.68. The number of carbonyl (C=O) groups is 3. The van der Waals surface area contributed by atoms with Crippen molar-refractivity contribution in [1.82, 2.24) is 4.90 Å². The highest BCUT2D eigenvalue weighted by Gasteiger charge is 2.64. The number of Topliss-reactive ketones (excluding diaryl/α,β-unsaturated/α-hetero) is 1. The minimum Gasteiger partial charge on any atom is -0.292 e. The number of nitrogens with zero attached hydrogens (tertiary/aromatic N) is 2. The van der Waals surface area contributed by atoms with Crippen molar-refractivity contribution < 1.29 is 31.9 Å². The van der Waals surface area contributed by atoms with Crippen LogP contribution in [0.5, 0.6) is 0 Å². The van der Waals surface area contributed by atoms with Crippen LogP contribution in [-0.2, 0) is 15.8 Å². The zero-order chi connectivity index (χ0) is 22.8. The molecule has 4 atom stereocenters. The second-order valence-corrected chi connectivity index (χ2v) is 8.37. The maximum atomic E-state index is 13.4. The van der Waals surface area contributed by atoms with Gasteiger partial charge in [-0.2, -0.15) is 13.2 Å². The Balaban J connectivity index is 1.54. The summed E-state index contributed by atoms with van der Waals surface area (Å²) in [5.74, 6) is -3.93. The van der Waals surface area contributed by atoms with Gasteiger partial charge < -0.3 is 0 Å². The van der Waals surface area contributed by atoms with Crippen LogP contribution in [0.3, 0.4) is 0 Å². The van der Waals surface area contributed by atoms with Gasteiger partial charge in [0.1, 0.15) is 5.82 Å². The molecule has 0 spiro atoms. The predicted octanol–water partition coefficient (Wildman–Crippen LogP) is 3.68. The molecule has 2 aromatic rings. The van der Waals surface area contributed by atoms with Gasteiger partial charge in [-0.25, -0.2) is 9.29 Å². The van der Waals surface area contributed by atoms with Gasteiger partial charge in [-0.05, 0) is 61.9 Å². The first-order valence-electron chi connectivity index (χ1n) is 10.3. The molecule has 2 amide bonds. The lowest BCUT2D eigenvalue weighted by Crippen LogP contribution is -2.46. The van der Waals surface area contributed by atoms with E-state index in [0.717, 1.165) is 41.7 Å². The first kappa shape index (κ1) is 20.8. The number of imide groups is 1. The highest BCUT2D eigenvalue weighted by Crippen LogP contribution is 2.48. The van der Waals surface area contributed by atoms with Crippen molar-refractivity contribution in [3.8, 4) is 0 Å². The van der Waals surface area contributed by atoms with Crippen LogP contribution in [0.15, 0.2) is 48.5 Å². The Hall–Kier alpha value is -3.07. The summed E-state index contributed by atoms with van der Waals surface area (Å²) in [7, 11) is 0. The third-order valence-corrected chi connectivity index (χ3v) is 6.68. The van der Waals surface area contributed by atoms with E-state index in [-0.39, 0.29) is 17.3 Å². The monoisotopic (exact) mass is 446 g/mol. The summed E-state index contributed by atoms with van der Waals surface area (Å²) in [5, 5.41) is 0. The average Bonchev–Trinajstić information content (AvgIpc) is 3.39. The Bertz CT molecular complexity index is 1110. The van der Waals surface area contributed by atoms with Crippen molar-refractivity contribution in [1.29, 1.82) is 0 Å². The Morgan fingerprint density at radius 1 is 0.969 bits per heavy atom. The van der Waals surface area contributed by atoms with Crippen LogP contribution in [0.4, 0.5) is 23.2 Å². The number of fused-ring (bicyclic) bond motifs is 3. The van der Waals surface area contributed by atoms with Gasteiger partial charge in [0.2, 0.25) is 11.8 Å². The summed E-state index contributed by atoms with van der Waals surface area (Å²) < 4.78 is 52.8. The summed E-state index contributed by atoms with van der Waals surface area (Å²) in [4.78, 5) is 42.7. The largest absolute Gasteiger partial charge is 0.416 e. The fraction of sp³-hybridized carbons (Fsp3) is 0.348. The molecule has 0 saturated carbocycles. The first-order valence-corrected chi connectivity index (χ1v) is 10.3. The number of rotatable bonds is 3. The molecule has 0 radical (unpaired) electrons. The molecule has 0 bridgehead atoms. The quantitative estimate of drug-likeness (QED) is 0.410. The Kier molecular flexibility index (Phi) is 4.70. The van der Waals surface area contributed by atoms with Crippen LogP contribution in [0.1, 0.15) is 28.8 Å². The maximum absolute atomic E-state index is 13.4. The average molecular weight is 446 g/mol. The number of hydrogen-bond acceptors (Lipinski definition) is 4. The van der Waals surface area contributed by atoms with E-state index in [2.05, 4.69) is 0 Å². The van der Waals surface area contributed by atoms with E-state index in [4.69, 9.17) is 0 Å². The minimum atomic E-state index is -4.62. The fourth-order valence-corrected chi connectivity index (χ4v) is 5.38. The molecule has 5 nitrogen and oxygen atoms in total. The van der Waals surface area contributed by atoms with Crippen molar-refractivity contribution in [2.45, 2.75) is 31.1 Å². The lowest BCUT2D eigenvalue weighted by atomic mass is 9.85. The molecule has 2 aromatic carbocycles. The van der Waals surface area contributed by atoms with Gasteiger partial charge in [-0.1, -0.05) is 6.07 Å². The van der Waals surface area contributed by atoms with Crippen LogP contribution >= 0.6 is 0 Å². The second kappa shape index (κ2) is 7.23. The van der Waals surface area contributed by atoms with Gasteiger partial charge in [0.05, 0.1) is 29.1 Å².